The maximum Gasteiger partial charge on any atom is 0.235 e. The second-order valence-electron chi connectivity index (χ2n) is 5.64. The number of halogens is 1. The third-order valence-corrected chi connectivity index (χ3v) is 4.33. The largest absolute Gasteiger partial charge is 0.399 e. The summed E-state index contributed by atoms with van der Waals surface area (Å²) < 4.78 is 0. The smallest absolute Gasteiger partial charge is 0.235 e. The number of anilines is 2. The number of benzene rings is 2. The van der Waals surface area contributed by atoms with Gasteiger partial charge in [-0.3, -0.25) is 4.79 Å². The van der Waals surface area contributed by atoms with Crippen LogP contribution in [0.3, 0.4) is 0 Å². The first-order valence-corrected chi connectivity index (χ1v) is 7.33. The van der Waals surface area contributed by atoms with Gasteiger partial charge in [0.2, 0.25) is 5.91 Å². The first kappa shape index (κ1) is 14.0. The van der Waals surface area contributed by atoms with E-state index in [1.165, 1.54) is 0 Å². The first-order valence-electron chi connectivity index (χ1n) is 6.95. The number of amides is 1. The lowest BCUT2D eigenvalue weighted by Crippen LogP contribution is -2.27. The molecule has 3 nitrogen and oxygen atoms in total. The van der Waals surface area contributed by atoms with Gasteiger partial charge in [-0.05, 0) is 55.2 Å². The molecule has 1 amide bonds. The number of nitrogen functional groups attached to an aromatic ring is 1. The van der Waals surface area contributed by atoms with Gasteiger partial charge in [-0.15, -0.1) is 0 Å². The van der Waals surface area contributed by atoms with Gasteiger partial charge in [0.25, 0.3) is 0 Å². The molecule has 0 spiro atoms. The Bertz CT molecular complexity index is 690. The number of aryl methyl sites for hydroxylation is 1. The van der Waals surface area contributed by atoms with Crippen molar-refractivity contribution < 1.29 is 4.79 Å². The summed E-state index contributed by atoms with van der Waals surface area (Å²) in [5, 5.41) is 3.52. The lowest BCUT2D eigenvalue weighted by Gasteiger charge is -2.17. The van der Waals surface area contributed by atoms with Crippen molar-refractivity contribution in [1.82, 2.24) is 0 Å². The molecule has 0 aliphatic heterocycles. The van der Waals surface area contributed by atoms with Crippen molar-refractivity contribution in [3.8, 4) is 0 Å². The van der Waals surface area contributed by atoms with Gasteiger partial charge in [-0.2, -0.15) is 0 Å². The minimum absolute atomic E-state index is 0.00183. The molecular formula is C17H17ClN2O. The summed E-state index contributed by atoms with van der Waals surface area (Å²) in [5.41, 5.74) is 8.72. The maximum atomic E-state index is 12.6. The van der Waals surface area contributed by atoms with Crippen molar-refractivity contribution in [2.24, 2.45) is 0 Å². The quantitative estimate of drug-likeness (QED) is 0.845. The summed E-state index contributed by atoms with van der Waals surface area (Å²) in [6.07, 6.45) is 1.71. The Kier molecular flexibility index (Phi) is 3.38. The van der Waals surface area contributed by atoms with Crippen LogP contribution >= 0.6 is 11.6 Å². The van der Waals surface area contributed by atoms with Crippen molar-refractivity contribution in [2.45, 2.75) is 25.2 Å². The molecule has 1 aliphatic carbocycles. The lowest BCUT2D eigenvalue weighted by atomic mass is 9.94. The summed E-state index contributed by atoms with van der Waals surface area (Å²) >= 11 is 6.18. The maximum absolute atomic E-state index is 12.6. The van der Waals surface area contributed by atoms with Crippen LogP contribution in [-0.2, 0) is 10.2 Å². The predicted octanol–water partition coefficient (Wildman–Crippen LogP) is 3.90. The number of carbonyl (C=O) groups is 1. The van der Waals surface area contributed by atoms with Gasteiger partial charge in [0, 0.05) is 5.69 Å². The normalized spacial score (nSPS) is 15.5. The molecule has 108 valence electrons. The van der Waals surface area contributed by atoms with Crippen molar-refractivity contribution in [1.29, 1.82) is 0 Å². The standard InChI is InChI=1S/C17H17ClN2O/c1-11-2-7-15(14(18)10-11)20-16(21)17(8-9-17)12-3-5-13(19)6-4-12/h2-7,10H,8-9,19H2,1H3,(H,20,21). The Hall–Kier alpha value is -2.00. The molecule has 3 rings (SSSR count). The molecule has 4 heteroatoms. The van der Waals surface area contributed by atoms with E-state index >= 15 is 0 Å². The lowest BCUT2D eigenvalue weighted by molar-refractivity contribution is -0.118. The van der Waals surface area contributed by atoms with Crippen LogP contribution in [0, 0.1) is 6.92 Å². The van der Waals surface area contributed by atoms with Crippen LogP contribution in [0.4, 0.5) is 11.4 Å². The zero-order valence-corrected chi connectivity index (χ0v) is 12.6. The van der Waals surface area contributed by atoms with Crippen LogP contribution in [0.5, 0.6) is 0 Å². The Morgan fingerprint density at radius 1 is 1.19 bits per heavy atom. The molecule has 0 atom stereocenters. The average molecular weight is 301 g/mol. The predicted molar refractivity (Wildman–Crippen MR) is 86.6 cm³/mol. The molecule has 0 unspecified atom stereocenters. The number of hydrogen-bond acceptors (Lipinski definition) is 2. The van der Waals surface area contributed by atoms with Gasteiger partial charge in [0.1, 0.15) is 0 Å². The molecule has 0 saturated heterocycles. The minimum atomic E-state index is -0.429. The van der Waals surface area contributed by atoms with Crippen molar-refractivity contribution in [3.05, 3.63) is 58.6 Å². The summed E-state index contributed by atoms with van der Waals surface area (Å²) in [5.74, 6) is -0.00183. The highest BCUT2D eigenvalue weighted by molar-refractivity contribution is 6.33. The molecule has 1 fully saturated rings. The third-order valence-electron chi connectivity index (χ3n) is 4.02. The summed E-state index contributed by atoms with van der Waals surface area (Å²) in [6.45, 7) is 1.97. The highest BCUT2D eigenvalue weighted by atomic mass is 35.5. The van der Waals surface area contributed by atoms with Crippen LogP contribution in [0.2, 0.25) is 5.02 Å². The molecule has 1 aliphatic rings. The number of rotatable bonds is 3. The monoisotopic (exact) mass is 300 g/mol. The van der Waals surface area contributed by atoms with E-state index in [0.717, 1.165) is 24.0 Å². The summed E-state index contributed by atoms with van der Waals surface area (Å²) in [7, 11) is 0. The number of nitrogens with one attached hydrogen (secondary N) is 1. The number of hydrogen-bond donors (Lipinski definition) is 2. The third kappa shape index (κ3) is 2.61. The highest BCUT2D eigenvalue weighted by Crippen LogP contribution is 2.49. The van der Waals surface area contributed by atoms with E-state index in [0.29, 0.717) is 16.4 Å². The van der Waals surface area contributed by atoms with E-state index in [1.54, 1.807) is 0 Å². The fourth-order valence-corrected chi connectivity index (χ4v) is 2.82. The van der Waals surface area contributed by atoms with Crippen LogP contribution < -0.4 is 11.1 Å². The molecule has 0 aromatic heterocycles. The van der Waals surface area contributed by atoms with E-state index in [9.17, 15) is 4.79 Å². The molecule has 3 N–H and O–H groups in total. The molecule has 2 aromatic rings. The van der Waals surface area contributed by atoms with E-state index in [1.807, 2.05) is 49.4 Å². The SMILES string of the molecule is Cc1ccc(NC(=O)C2(c3ccc(N)cc3)CC2)c(Cl)c1. The van der Waals surface area contributed by atoms with E-state index in [-0.39, 0.29) is 5.91 Å². The van der Waals surface area contributed by atoms with Crippen molar-refractivity contribution in [3.63, 3.8) is 0 Å². The van der Waals surface area contributed by atoms with E-state index < -0.39 is 5.41 Å². The van der Waals surface area contributed by atoms with Gasteiger partial charge in [-0.25, -0.2) is 0 Å². The molecule has 0 heterocycles. The number of nitrogens with two attached hydrogens (primary N) is 1. The molecular weight excluding hydrogens is 284 g/mol. The first-order chi connectivity index (χ1) is 10.0. The highest BCUT2D eigenvalue weighted by Gasteiger charge is 2.51. The Morgan fingerprint density at radius 3 is 2.43 bits per heavy atom. The molecule has 1 saturated carbocycles. The van der Waals surface area contributed by atoms with E-state index in [4.69, 9.17) is 17.3 Å². The van der Waals surface area contributed by atoms with Crippen LogP contribution in [0.25, 0.3) is 0 Å². The Morgan fingerprint density at radius 2 is 1.86 bits per heavy atom. The van der Waals surface area contributed by atoms with Crippen molar-refractivity contribution >= 4 is 28.9 Å². The second kappa shape index (κ2) is 5.08. The average Bonchev–Trinajstić information content (AvgIpc) is 3.24. The fourth-order valence-electron chi connectivity index (χ4n) is 2.54. The molecule has 0 radical (unpaired) electrons. The zero-order valence-electron chi connectivity index (χ0n) is 11.8. The Balaban J connectivity index is 1.83. The molecule has 0 bridgehead atoms. The van der Waals surface area contributed by atoms with E-state index in [2.05, 4.69) is 5.32 Å². The second-order valence-corrected chi connectivity index (χ2v) is 6.05. The van der Waals surface area contributed by atoms with Crippen LogP contribution in [0.1, 0.15) is 24.0 Å². The van der Waals surface area contributed by atoms with Crippen molar-refractivity contribution in [2.75, 3.05) is 11.1 Å². The van der Waals surface area contributed by atoms with Gasteiger partial charge in [0.15, 0.2) is 0 Å². The fraction of sp³-hybridized carbons (Fsp3) is 0.235. The number of carbonyl (C=O) groups excluding carboxylic acids is 1. The van der Waals surface area contributed by atoms with Gasteiger partial charge in [-0.1, -0.05) is 29.8 Å². The van der Waals surface area contributed by atoms with Crippen LogP contribution in [-0.4, -0.2) is 5.91 Å². The topological polar surface area (TPSA) is 55.1 Å². The van der Waals surface area contributed by atoms with Gasteiger partial charge >= 0.3 is 0 Å². The van der Waals surface area contributed by atoms with Crippen LogP contribution in [0.15, 0.2) is 42.5 Å². The molecule has 21 heavy (non-hydrogen) atoms. The zero-order chi connectivity index (χ0) is 15.0. The van der Waals surface area contributed by atoms with Gasteiger partial charge < -0.3 is 11.1 Å². The molecule has 2 aromatic carbocycles. The van der Waals surface area contributed by atoms with Gasteiger partial charge in [0.05, 0.1) is 16.1 Å². The summed E-state index contributed by atoms with van der Waals surface area (Å²) in [4.78, 5) is 12.6. The Labute approximate surface area is 129 Å². The minimum Gasteiger partial charge on any atom is -0.399 e. The summed E-state index contributed by atoms with van der Waals surface area (Å²) in [6, 6.07) is 13.2.